The Morgan fingerprint density at radius 2 is 1.88 bits per heavy atom. The summed E-state index contributed by atoms with van der Waals surface area (Å²) in [6, 6.07) is 7.83. The molecular weight excluding hydrogens is 202 g/mol. The largest absolute Gasteiger partial charge is 0.296 e. The Morgan fingerprint density at radius 1 is 1.25 bits per heavy atom. The second-order valence-corrected chi connectivity index (χ2v) is 4.36. The zero-order chi connectivity index (χ0) is 11.8. The average Bonchev–Trinajstić information content (AvgIpc) is 2.55. The summed E-state index contributed by atoms with van der Waals surface area (Å²) < 4.78 is 0. The SMILES string of the molecule is CC[C@]1(c2ccc(C)cc2)CC(=O)NC1=O. The monoisotopic (exact) mass is 217 g/mol. The first-order valence-corrected chi connectivity index (χ1v) is 5.50. The lowest BCUT2D eigenvalue weighted by atomic mass is 9.76. The highest BCUT2D eigenvalue weighted by atomic mass is 16.2. The molecule has 1 fully saturated rings. The number of nitrogens with one attached hydrogen (secondary N) is 1. The highest BCUT2D eigenvalue weighted by molar-refractivity contribution is 6.09. The van der Waals surface area contributed by atoms with Crippen LogP contribution in [0.1, 0.15) is 30.9 Å². The molecule has 0 unspecified atom stereocenters. The van der Waals surface area contributed by atoms with Crippen LogP contribution in [-0.4, -0.2) is 11.8 Å². The van der Waals surface area contributed by atoms with Gasteiger partial charge in [-0.3, -0.25) is 14.9 Å². The molecule has 0 aliphatic carbocycles. The van der Waals surface area contributed by atoms with Crippen molar-refractivity contribution in [1.29, 1.82) is 0 Å². The van der Waals surface area contributed by atoms with E-state index in [1.165, 1.54) is 0 Å². The average molecular weight is 217 g/mol. The summed E-state index contributed by atoms with van der Waals surface area (Å²) >= 11 is 0. The summed E-state index contributed by atoms with van der Waals surface area (Å²) in [7, 11) is 0. The Balaban J connectivity index is 2.46. The number of carbonyl (C=O) groups is 2. The van der Waals surface area contributed by atoms with Crippen LogP contribution in [0.2, 0.25) is 0 Å². The van der Waals surface area contributed by atoms with Crippen molar-refractivity contribution in [2.75, 3.05) is 0 Å². The molecule has 1 aliphatic heterocycles. The van der Waals surface area contributed by atoms with Gasteiger partial charge in [0.25, 0.3) is 0 Å². The van der Waals surface area contributed by atoms with Gasteiger partial charge in [0.05, 0.1) is 5.41 Å². The van der Waals surface area contributed by atoms with Crippen LogP contribution in [-0.2, 0) is 15.0 Å². The van der Waals surface area contributed by atoms with E-state index in [1.54, 1.807) is 0 Å². The maximum Gasteiger partial charge on any atom is 0.237 e. The van der Waals surface area contributed by atoms with E-state index in [2.05, 4.69) is 5.32 Å². The molecule has 1 aromatic carbocycles. The summed E-state index contributed by atoms with van der Waals surface area (Å²) in [4.78, 5) is 23.2. The fourth-order valence-electron chi connectivity index (χ4n) is 2.24. The molecule has 2 rings (SSSR count). The van der Waals surface area contributed by atoms with Crippen molar-refractivity contribution in [3.05, 3.63) is 35.4 Å². The summed E-state index contributed by atoms with van der Waals surface area (Å²) in [5, 5.41) is 2.39. The highest BCUT2D eigenvalue weighted by Crippen LogP contribution is 2.35. The molecule has 0 bridgehead atoms. The van der Waals surface area contributed by atoms with Crippen molar-refractivity contribution >= 4 is 11.8 Å². The van der Waals surface area contributed by atoms with Crippen LogP contribution in [0.5, 0.6) is 0 Å². The summed E-state index contributed by atoms with van der Waals surface area (Å²) in [6.45, 7) is 3.94. The molecular formula is C13H15NO2. The van der Waals surface area contributed by atoms with Gasteiger partial charge in [0.2, 0.25) is 11.8 Å². The molecule has 84 valence electrons. The van der Waals surface area contributed by atoms with Gasteiger partial charge in [-0.25, -0.2) is 0 Å². The number of aryl methyl sites for hydroxylation is 1. The van der Waals surface area contributed by atoms with E-state index in [0.717, 1.165) is 11.1 Å². The first-order valence-electron chi connectivity index (χ1n) is 5.50. The molecule has 1 heterocycles. The predicted octanol–water partition coefficient (Wildman–Crippen LogP) is 1.69. The summed E-state index contributed by atoms with van der Waals surface area (Å²) in [5.41, 5.74) is 1.44. The van der Waals surface area contributed by atoms with Crippen molar-refractivity contribution < 1.29 is 9.59 Å². The van der Waals surface area contributed by atoms with Crippen LogP contribution in [0.4, 0.5) is 0 Å². The van der Waals surface area contributed by atoms with Gasteiger partial charge in [-0.2, -0.15) is 0 Å². The number of benzene rings is 1. The number of hydrogen-bond donors (Lipinski definition) is 1. The second kappa shape index (κ2) is 3.74. The number of hydrogen-bond acceptors (Lipinski definition) is 2. The molecule has 1 saturated heterocycles. The molecule has 1 aromatic rings. The third-order valence-corrected chi connectivity index (χ3v) is 3.36. The maximum absolute atomic E-state index is 11.9. The highest BCUT2D eigenvalue weighted by Gasteiger charge is 2.46. The van der Waals surface area contributed by atoms with Gasteiger partial charge in [0.1, 0.15) is 0 Å². The molecule has 0 radical (unpaired) electrons. The van der Waals surface area contributed by atoms with E-state index < -0.39 is 5.41 Å². The molecule has 1 N–H and O–H groups in total. The molecule has 16 heavy (non-hydrogen) atoms. The van der Waals surface area contributed by atoms with Crippen molar-refractivity contribution in [3.63, 3.8) is 0 Å². The minimum absolute atomic E-state index is 0.163. The molecule has 1 aliphatic rings. The Kier molecular flexibility index (Phi) is 2.54. The zero-order valence-electron chi connectivity index (χ0n) is 9.54. The lowest BCUT2D eigenvalue weighted by Gasteiger charge is -2.24. The Labute approximate surface area is 94.9 Å². The van der Waals surface area contributed by atoms with E-state index >= 15 is 0 Å². The van der Waals surface area contributed by atoms with Crippen LogP contribution in [0.3, 0.4) is 0 Å². The summed E-state index contributed by atoms with van der Waals surface area (Å²) in [6.07, 6.45) is 0.916. The van der Waals surface area contributed by atoms with E-state index in [4.69, 9.17) is 0 Å². The van der Waals surface area contributed by atoms with Gasteiger partial charge >= 0.3 is 0 Å². The van der Waals surface area contributed by atoms with Crippen LogP contribution in [0.25, 0.3) is 0 Å². The van der Waals surface area contributed by atoms with E-state index in [9.17, 15) is 9.59 Å². The normalized spacial score (nSPS) is 24.6. The lowest BCUT2D eigenvalue weighted by Crippen LogP contribution is -2.34. The van der Waals surface area contributed by atoms with E-state index in [-0.39, 0.29) is 18.2 Å². The molecule has 0 aromatic heterocycles. The fraction of sp³-hybridized carbons (Fsp3) is 0.385. The van der Waals surface area contributed by atoms with Gasteiger partial charge in [-0.15, -0.1) is 0 Å². The quantitative estimate of drug-likeness (QED) is 0.766. The van der Waals surface area contributed by atoms with Crippen molar-refractivity contribution in [1.82, 2.24) is 5.32 Å². The third kappa shape index (κ3) is 1.52. The van der Waals surface area contributed by atoms with Crippen LogP contribution < -0.4 is 5.32 Å². The van der Waals surface area contributed by atoms with Gasteiger partial charge in [-0.05, 0) is 18.9 Å². The number of carbonyl (C=O) groups excluding carboxylic acids is 2. The molecule has 0 spiro atoms. The Hall–Kier alpha value is -1.64. The first kappa shape index (κ1) is 10.9. The molecule has 3 nitrogen and oxygen atoms in total. The van der Waals surface area contributed by atoms with Gasteiger partial charge in [-0.1, -0.05) is 36.8 Å². The van der Waals surface area contributed by atoms with Gasteiger partial charge < -0.3 is 0 Å². The van der Waals surface area contributed by atoms with E-state index in [0.29, 0.717) is 6.42 Å². The number of amides is 2. The molecule has 2 amide bonds. The second-order valence-electron chi connectivity index (χ2n) is 4.36. The first-order chi connectivity index (χ1) is 7.58. The molecule has 0 saturated carbocycles. The van der Waals surface area contributed by atoms with Crippen molar-refractivity contribution in [2.45, 2.75) is 32.1 Å². The smallest absolute Gasteiger partial charge is 0.237 e. The van der Waals surface area contributed by atoms with Gasteiger partial charge in [0.15, 0.2) is 0 Å². The number of rotatable bonds is 2. The minimum Gasteiger partial charge on any atom is -0.296 e. The van der Waals surface area contributed by atoms with E-state index in [1.807, 2.05) is 38.1 Å². The molecule has 1 atom stereocenters. The van der Waals surface area contributed by atoms with Crippen molar-refractivity contribution in [2.24, 2.45) is 0 Å². The third-order valence-electron chi connectivity index (χ3n) is 3.36. The zero-order valence-corrected chi connectivity index (χ0v) is 9.54. The Bertz CT molecular complexity index is 436. The minimum atomic E-state index is -0.648. The molecule has 3 heteroatoms. The van der Waals surface area contributed by atoms with Gasteiger partial charge in [0, 0.05) is 6.42 Å². The van der Waals surface area contributed by atoms with Crippen LogP contribution in [0, 0.1) is 6.92 Å². The number of imide groups is 1. The topological polar surface area (TPSA) is 46.2 Å². The Morgan fingerprint density at radius 3 is 2.31 bits per heavy atom. The van der Waals surface area contributed by atoms with Crippen LogP contribution in [0.15, 0.2) is 24.3 Å². The summed E-state index contributed by atoms with van der Waals surface area (Å²) in [5.74, 6) is -0.337. The fourth-order valence-corrected chi connectivity index (χ4v) is 2.24. The predicted molar refractivity (Wildman–Crippen MR) is 60.9 cm³/mol. The lowest BCUT2D eigenvalue weighted by molar-refractivity contribution is -0.126. The van der Waals surface area contributed by atoms with Crippen molar-refractivity contribution in [3.8, 4) is 0 Å². The van der Waals surface area contributed by atoms with Crippen LogP contribution >= 0.6 is 0 Å². The maximum atomic E-state index is 11.9. The standard InChI is InChI=1S/C13H15NO2/c1-3-13(8-11(15)14-12(13)16)10-6-4-9(2)5-7-10/h4-7H,3,8H2,1-2H3,(H,14,15,16)/t13-/m1/s1.